The fraction of sp³-hybridized carbons (Fsp3) is 0.0526. The number of halogens is 2. The van der Waals surface area contributed by atoms with E-state index in [1.54, 1.807) is 18.2 Å². The van der Waals surface area contributed by atoms with Crippen molar-refractivity contribution < 1.29 is 0 Å². The Labute approximate surface area is 160 Å². The van der Waals surface area contributed by atoms with Gasteiger partial charge in [-0.2, -0.15) is 0 Å². The van der Waals surface area contributed by atoms with E-state index in [4.69, 9.17) is 39.7 Å². The number of aromatic nitrogens is 3. The summed E-state index contributed by atoms with van der Waals surface area (Å²) >= 11 is 12.4. The largest absolute Gasteiger partial charge is 0.383 e. The smallest absolute Gasteiger partial charge is 0.178 e. The van der Waals surface area contributed by atoms with Crippen molar-refractivity contribution in [2.45, 2.75) is 6.54 Å². The molecule has 5 N–H and O–H groups in total. The highest BCUT2D eigenvalue weighted by Crippen LogP contribution is 2.34. The molecule has 2 aromatic carbocycles. The minimum absolute atomic E-state index is 0.201. The zero-order valence-corrected chi connectivity index (χ0v) is 15.1. The van der Waals surface area contributed by atoms with Crippen LogP contribution in [0.1, 0.15) is 5.56 Å². The van der Waals surface area contributed by atoms with E-state index in [1.807, 2.05) is 30.3 Å². The average molecular weight is 384 g/mol. The second-order valence-corrected chi connectivity index (χ2v) is 6.70. The van der Waals surface area contributed by atoms with Crippen molar-refractivity contribution in [1.29, 1.82) is 0 Å². The van der Waals surface area contributed by atoms with Crippen LogP contribution in [0.4, 0.5) is 5.82 Å². The molecule has 0 saturated carbocycles. The lowest BCUT2D eigenvalue weighted by molar-refractivity contribution is 1.02. The second kappa shape index (κ2) is 6.61. The van der Waals surface area contributed by atoms with Gasteiger partial charge in [0.25, 0.3) is 0 Å². The Bertz CT molecular complexity index is 1090. The lowest BCUT2D eigenvalue weighted by Crippen LogP contribution is -2.09. The topological polar surface area (TPSA) is 93.6 Å². The maximum absolute atomic E-state index is 6.37. The molecule has 5 nitrogen and oxygen atoms in total. The van der Waals surface area contributed by atoms with Gasteiger partial charge < -0.3 is 16.5 Å². The third-order valence-electron chi connectivity index (χ3n) is 4.20. The van der Waals surface area contributed by atoms with Crippen molar-refractivity contribution in [3.05, 3.63) is 64.1 Å². The number of nitrogens with two attached hydrogens (primary N) is 2. The number of rotatable bonds is 3. The second-order valence-electron chi connectivity index (χ2n) is 5.86. The molecule has 0 bridgehead atoms. The minimum atomic E-state index is 0.201. The van der Waals surface area contributed by atoms with E-state index in [0.29, 0.717) is 38.5 Å². The fourth-order valence-corrected chi connectivity index (χ4v) is 3.42. The van der Waals surface area contributed by atoms with Crippen molar-refractivity contribution in [3.63, 3.8) is 0 Å². The van der Waals surface area contributed by atoms with Crippen molar-refractivity contribution >= 4 is 39.9 Å². The first-order valence-electron chi connectivity index (χ1n) is 7.97. The number of fused-ring (bicyclic) bond motifs is 1. The molecule has 0 aliphatic rings. The minimum Gasteiger partial charge on any atom is -0.383 e. The molecule has 26 heavy (non-hydrogen) atoms. The number of para-hydroxylation sites is 1. The first-order valence-corrected chi connectivity index (χ1v) is 8.72. The Morgan fingerprint density at radius 1 is 1.00 bits per heavy atom. The molecular formula is C19H15Cl2N5. The number of anilines is 1. The van der Waals surface area contributed by atoms with Gasteiger partial charge in [0.05, 0.1) is 16.4 Å². The van der Waals surface area contributed by atoms with Crippen LogP contribution in [0.5, 0.6) is 0 Å². The van der Waals surface area contributed by atoms with E-state index in [2.05, 4.69) is 9.97 Å². The third kappa shape index (κ3) is 2.90. The molecular weight excluding hydrogens is 369 g/mol. The van der Waals surface area contributed by atoms with E-state index in [0.717, 1.165) is 16.6 Å². The Balaban J connectivity index is 1.93. The van der Waals surface area contributed by atoms with Crippen LogP contribution < -0.4 is 11.5 Å². The maximum Gasteiger partial charge on any atom is 0.178 e. The lowest BCUT2D eigenvalue weighted by Gasteiger charge is -2.13. The van der Waals surface area contributed by atoms with Gasteiger partial charge in [-0.3, -0.25) is 0 Å². The lowest BCUT2D eigenvalue weighted by atomic mass is 10.1. The van der Waals surface area contributed by atoms with E-state index >= 15 is 0 Å². The Kier molecular flexibility index (Phi) is 4.28. The van der Waals surface area contributed by atoms with Crippen LogP contribution in [0.2, 0.25) is 10.0 Å². The Hall–Kier alpha value is -2.60. The molecule has 0 atom stereocenters. The number of nitrogen functional groups attached to an aromatic ring is 1. The van der Waals surface area contributed by atoms with Gasteiger partial charge in [0.15, 0.2) is 5.82 Å². The fourth-order valence-electron chi connectivity index (χ4n) is 2.92. The Morgan fingerprint density at radius 3 is 2.54 bits per heavy atom. The Morgan fingerprint density at radius 2 is 1.81 bits per heavy atom. The zero-order valence-electron chi connectivity index (χ0n) is 13.6. The number of nitrogens with zero attached hydrogens (tertiary/aromatic N) is 2. The molecule has 0 radical (unpaired) electrons. The van der Waals surface area contributed by atoms with Gasteiger partial charge in [0.1, 0.15) is 5.82 Å². The van der Waals surface area contributed by atoms with E-state index in [9.17, 15) is 0 Å². The number of H-pyrrole nitrogens is 1. The summed E-state index contributed by atoms with van der Waals surface area (Å²) in [4.78, 5) is 12.4. The molecule has 2 heterocycles. The normalized spacial score (nSPS) is 11.2. The predicted molar refractivity (Wildman–Crippen MR) is 107 cm³/mol. The number of aromatic amines is 1. The maximum atomic E-state index is 6.37. The highest BCUT2D eigenvalue weighted by molar-refractivity contribution is 6.36. The first-order chi connectivity index (χ1) is 12.6. The molecule has 4 rings (SSSR count). The predicted octanol–water partition coefficient (Wildman–Crippen LogP) is 4.64. The molecule has 0 aliphatic carbocycles. The molecule has 0 saturated heterocycles. The number of benzene rings is 2. The van der Waals surface area contributed by atoms with Crippen LogP contribution in [-0.2, 0) is 6.54 Å². The summed E-state index contributed by atoms with van der Waals surface area (Å²) in [5, 5.41) is 2.09. The third-order valence-corrected chi connectivity index (χ3v) is 4.75. The van der Waals surface area contributed by atoms with E-state index in [-0.39, 0.29) is 6.54 Å². The van der Waals surface area contributed by atoms with E-state index in [1.165, 1.54) is 0 Å². The summed E-state index contributed by atoms with van der Waals surface area (Å²) in [7, 11) is 0. The summed E-state index contributed by atoms with van der Waals surface area (Å²) in [6, 6.07) is 15.2. The number of nitrogens with one attached hydrogen (secondary N) is 1. The van der Waals surface area contributed by atoms with Gasteiger partial charge in [-0.1, -0.05) is 41.4 Å². The van der Waals surface area contributed by atoms with Crippen LogP contribution in [0.25, 0.3) is 33.7 Å². The van der Waals surface area contributed by atoms with Crippen molar-refractivity contribution in [2.75, 3.05) is 5.73 Å². The summed E-state index contributed by atoms with van der Waals surface area (Å²) in [5.74, 6) is 0.814. The van der Waals surface area contributed by atoms with Gasteiger partial charge in [0.2, 0.25) is 0 Å². The summed E-state index contributed by atoms with van der Waals surface area (Å²) in [6.45, 7) is 0.201. The molecule has 0 spiro atoms. The molecule has 130 valence electrons. The highest BCUT2D eigenvalue weighted by atomic mass is 35.5. The molecule has 0 fully saturated rings. The average Bonchev–Trinajstić information content (AvgIpc) is 3.05. The molecule has 4 aromatic rings. The van der Waals surface area contributed by atoms with E-state index < -0.39 is 0 Å². The van der Waals surface area contributed by atoms with Crippen molar-refractivity contribution in [2.24, 2.45) is 5.73 Å². The standard InChI is InChI=1S/C19H15Cl2N5/c20-11-5-6-12(14(21)8-11)17-13(9-22)18(23)26-19(25-17)16-7-10-3-1-2-4-15(10)24-16/h1-8,24H,9,22H2,(H2,23,25,26). The number of hydrogen-bond acceptors (Lipinski definition) is 4. The monoisotopic (exact) mass is 383 g/mol. The van der Waals surface area contributed by atoms with Gasteiger partial charge >= 0.3 is 0 Å². The number of hydrogen-bond donors (Lipinski definition) is 3. The van der Waals surface area contributed by atoms with Gasteiger partial charge in [-0.05, 0) is 30.3 Å². The van der Waals surface area contributed by atoms with Gasteiger partial charge in [-0.25, -0.2) is 9.97 Å². The van der Waals surface area contributed by atoms with Gasteiger partial charge in [-0.15, -0.1) is 0 Å². The molecule has 0 aliphatic heterocycles. The van der Waals surface area contributed by atoms with Crippen LogP contribution >= 0.6 is 23.2 Å². The van der Waals surface area contributed by atoms with Crippen LogP contribution in [-0.4, -0.2) is 15.0 Å². The quantitative estimate of drug-likeness (QED) is 0.480. The SMILES string of the molecule is NCc1c(N)nc(-c2cc3ccccc3[nH]2)nc1-c1ccc(Cl)cc1Cl. The summed E-state index contributed by atoms with van der Waals surface area (Å²) in [5.41, 5.74) is 15.8. The van der Waals surface area contributed by atoms with Crippen molar-refractivity contribution in [3.8, 4) is 22.8 Å². The van der Waals surface area contributed by atoms with Crippen LogP contribution in [0.3, 0.4) is 0 Å². The first kappa shape index (κ1) is 16.8. The van der Waals surface area contributed by atoms with Gasteiger partial charge in [0, 0.05) is 33.6 Å². The van der Waals surface area contributed by atoms with Crippen molar-refractivity contribution in [1.82, 2.24) is 15.0 Å². The van der Waals surface area contributed by atoms with Crippen LogP contribution in [0.15, 0.2) is 48.5 Å². The summed E-state index contributed by atoms with van der Waals surface area (Å²) in [6.07, 6.45) is 0. The molecule has 0 amide bonds. The highest BCUT2D eigenvalue weighted by Gasteiger charge is 2.17. The summed E-state index contributed by atoms with van der Waals surface area (Å²) < 4.78 is 0. The van der Waals surface area contributed by atoms with Crippen LogP contribution in [0, 0.1) is 0 Å². The molecule has 0 unspecified atom stereocenters. The molecule has 7 heteroatoms. The molecule has 2 aromatic heterocycles. The zero-order chi connectivity index (χ0) is 18.3.